The minimum atomic E-state index is 0. The predicted octanol–water partition coefficient (Wildman–Crippen LogP) is 3.83. The summed E-state index contributed by atoms with van der Waals surface area (Å²) < 4.78 is 5.33. The van der Waals surface area contributed by atoms with Gasteiger partial charge in [0, 0.05) is 5.69 Å². The number of nitrogens with zero attached hydrogens (tertiary/aromatic N) is 2. The van der Waals surface area contributed by atoms with Gasteiger partial charge in [0.2, 0.25) is 0 Å². The molecule has 6 heteroatoms. The summed E-state index contributed by atoms with van der Waals surface area (Å²) in [4.78, 5) is 6.71. The lowest BCUT2D eigenvalue weighted by molar-refractivity contribution is 0.305. The highest BCUT2D eigenvalue weighted by Crippen LogP contribution is 2.25. The molecule has 0 aromatic heterocycles. The SMILES string of the molecule is COc1cccc(C(CN=C(N)Nc2ccc3c(c2)CCC3)N(C)C)c1.I. The first-order chi connectivity index (χ1) is 12.6. The van der Waals surface area contributed by atoms with Crippen LogP contribution < -0.4 is 15.8 Å². The minimum Gasteiger partial charge on any atom is -0.497 e. The number of methoxy groups -OCH3 is 1. The first kappa shape index (κ1) is 21.5. The van der Waals surface area contributed by atoms with Gasteiger partial charge in [0.25, 0.3) is 0 Å². The Morgan fingerprint density at radius 2 is 1.96 bits per heavy atom. The number of rotatable bonds is 6. The maximum absolute atomic E-state index is 6.13. The molecule has 1 aliphatic rings. The number of aliphatic imine (C=N–C) groups is 1. The molecule has 0 radical (unpaired) electrons. The van der Waals surface area contributed by atoms with Crippen molar-refractivity contribution in [2.75, 3.05) is 33.1 Å². The van der Waals surface area contributed by atoms with Crippen LogP contribution in [0.5, 0.6) is 5.75 Å². The maximum atomic E-state index is 6.13. The van der Waals surface area contributed by atoms with E-state index in [0.717, 1.165) is 23.4 Å². The number of benzene rings is 2. The van der Waals surface area contributed by atoms with Gasteiger partial charge in [-0.05, 0) is 74.3 Å². The van der Waals surface area contributed by atoms with Crippen molar-refractivity contribution in [2.45, 2.75) is 25.3 Å². The number of nitrogens with two attached hydrogens (primary N) is 1. The fourth-order valence-electron chi connectivity index (χ4n) is 3.44. The van der Waals surface area contributed by atoms with E-state index < -0.39 is 0 Å². The van der Waals surface area contributed by atoms with Crippen LogP contribution in [-0.4, -0.2) is 38.6 Å². The molecular formula is C21H29IN4O. The summed E-state index contributed by atoms with van der Waals surface area (Å²) in [5, 5.41) is 3.22. The molecule has 0 saturated carbocycles. The highest BCUT2D eigenvalue weighted by atomic mass is 127. The third-order valence-corrected chi connectivity index (χ3v) is 4.91. The summed E-state index contributed by atoms with van der Waals surface area (Å²) in [5.74, 6) is 1.29. The quantitative estimate of drug-likeness (QED) is 0.375. The molecule has 5 nitrogen and oxygen atoms in total. The van der Waals surface area contributed by atoms with Crippen LogP contribution in [0.15, 0.2) is 47.5 Å². The first-order valence-corrected chi connectivity index (χ1v) is 9.06. The lowest BCUT2D eigenvalue weighted by atomic mass is 10.1. The molecule has 0 fully saturated rings. The number of ether oxygens (including phenoxy) is 1. The van der Waals surface area contributed by atoms with Crippen molar-refractivity contribution in [3.8, 4) is 5.75 Å². The third-order valence-electron chi connectivity index (χ3n) is 4.91. The van der Waals surface area contributed by atoms with Crippen molar-refractivity contribution >= 4 is 35.6 Å². The van der Waals surface area contributed by atoms with E-state index in [0.29, 0.717) is 12.5 Å². The Labute approximate surface area is 179 Å². The van der Waals surface area contributed by atoms with Gasteiger partial charge in [0.1, 0.15) is 5.75 Å². The van der Waals surface area contributed by atoms with Crippen molar-refractivity contribution in [2.24, 2.45) is 10.7 Å². The number of aryl methyl sites for hydroxylation is 2. The summed E-state index contributed by atoms with van der Waals surface area (Å²) in [6, 6.07) is 14.7. The summed E-state index contributed by atoms with van der Waals surface area (Å²) in [6.45, 7) is 0.573. The molecule has 0 spiro atoms. The first-order valence-electron chi connectivity index (χ1n) is 9.06. The van der Waals surface area contributed by atoms with E-state index in [9.17, 15) is 0 Å². The molecule has 3 rings (SSSR count). The van der Waals surface area contributed by atoms with Gasteiger partial charge in [-0.3, -0.25) is 4.99 Å². The number of halogens is 1. The van der Waals surface area contributed by atoms with Crippen molar-refractivity contribution in [3.05, 3.63) is 59.2 Å². The monoisotopic (exact) mass is 480 g/mol. The molecule has 0 aliphatic heterocycles. The molecule has 2 aromatic rings. The number of hydrogen-bond donors (Lipinski definition) is 2. The molecule has 27 heavy (non-hydrogen) atoms. The van der Waals surface area contributed by atoms with E-state index in [2.05, 4.69) is 39.5 Å². The number of nitrogens with one attached hydrogen (secondary N) is 1. The Hall–Kier alpha value is -1.80. The number of hydrogen-bond acceptors (Lipinski definition) is 3. The molecule has 0 heterocycles. The topological polar surface area (TPSA) is 62.9 Å². The second-order valence-corrected chi connectivity index (χ2v) is 6.94. The van der Waals surface area contributed by atoms with Gasteiger partial charge in [-0.1, -0.05) is 18.2 Å². The van der Waals surface area contributed by atoms with Crippen LogP contribution in [0.4, 0.5) is 5.69 Å². The number of anilines is 1. The van der Waals surface area contributed by atoms with E-state index >= 15 is 0 Å². The smallest absolute Gasteiger partial charge is 0.193 e. The second-order valence-electron chi connectivity index (χ2n) is 6.94. The molecule has 1 atom stereocenters. The highest BCUT2D eigenvalue weighted by Gasteiger charge is 2.15. The molecular weight excluding hydrogens is 451 g/mol. The van der Waals surface area contributed by atoms with E-state index in [4.69, 9.17) is 10.5 Å². The Kier molecular flexibility index (Phi) is 7.91. The van der Waals surface area contributed by atoms with E-state index in [-0.39, 0.29) is 30.0 Å². The van der Waals surface area contributed by atoms with Crippen molar-refractivity contribution in [1.82, 2.24) is 4.90 Å². The van der Waals surface area contributed by atoms with E-state index in [1.165, 1.54) is 24.0 Å². The highest BCUT2D eigenvalue weighted by molar-refractivity contribution is 14.0. The van der Waals surface area contributed by atoms with Gasteiger partial charge < -0.3 is 20.7 Å². The van der Waals surface area contributed by atoms with Crippen LogP contribution in [-0.2, 0) is 12.8 Å². The van der Waals surface area contributed by atoms with E-state index in [1.807, 2.05) is 32.3 Å². The normalized spacial score (nSPS) is 14.4. The largest absolute Gasteiger partial charge is 0.497 e. The van der Waals surface area contributed by atoms with Crippen LogP contribution in [0.3, 0.4) is 0 Å². The minimum absolute atomic E-state index is 0. The fourth-order valence-corrected chi connectivity index (χ4v) is 3.44. The van der Waals surface area contributed by atoms with Gasteiger partial charge in [-0.2, -0.15) is 0 Å². The van der Waals surface area contributed by atoms with Crippen LogP contribution in [0.1, 0.15) is 29.2 Å². The summed E-state index contributed by atoms with van der Waals surface area (Å²) in [5.41, 5.74) is 11.2. The van der Waals surface area contributed by atoms with Crippen LogP contribution in [0, 0.1) is 0 Å². The van der Waals surface area contributed by atoms with Crippen molar-refractivity contribution < 1.29 is 4.74 Å². The average molecular weight is 480 g/mol. The maximum Gasteiger partial charge on any atom is 0.193 e. The predicted molar refractivity (Wildman–Crippen MR) is 123 cm³/mol. The zero-order valence-corrected chi connectivity index (χ0v) is 18.6. The average Bonchev–Trinajstić information content (AvgIpc) is 3.09. The Bertz CT molecular complexity index is 792. The zero-order chi connectivity index (χ0) is 18.5. The van der Waals surface area contributed by atoms with Crippen LogP contribution >= 0.6 is 24.0 Å². The summed E-state index contributed by atoms with van der Waals surface area (Å²) in [6.07, 6.45) is 3.58. The van der Waals surface area contributed by atoms with E-state index in [1.54, 1.807) is 7.11 Å². The molecule has 3 N–H and O–H groups in total. The molecule has 0 amide bonds. The molecule has 1 aliphatic carbocycles. The van der Waals surface area contributed by atoms with Crippen molar-refractivity contribution in [3.63, 3.8) is 0 Å². The standard InChI is InChI=1S/C21H28N4O.HI/c1-25(2)20(17-8-5-9-19(13-17)26-3)14-23-21(22)24-18-11-10-15-6-4-7-16(15)12-18;/h5,8-13,20H,4,6-7,14H2,1-3H3,(H3,22,23,24);1H. The number of fused-ring (bicyclic) bond motifs is 1. The summed E-state index contributed by atoms with van der Waals surface area (Å²) >= 11 is 0. The molecule has 0 saturated heterocycles. The van der Waals surface area contributed by atoms with Crippen LogP contribution in [0.2, 0.25) is 0 Å². The molecule has 146 valence electrons. The molecule has 0 bridgehead atoms. The second kappa shape index (κ2) is 9.94. The third kappa shape index (κ3) is 5.59. The molecule has 2 aromatic carbocycles. The summed E-state index contributed by atoms with van der Waals surface area (Å²) in [7, 11) is 5.77. The lowest BCUT2D eigenvalue weighted by Gasteiger charge is -2.23. The Morgan fingerprint density at radius 1 is 1.19 bits per heavy atom. The fraction of sp³-hybridized carbons (Fsp3) is 0.381. The van der Waals surface area contributed by atoms with Gasteiger partial charge in [-0.25, -0.2) is 0 Å². The van der Waals surface area contributed by atoms with Gasteiger partial charge in [-0.15, -0.1) is 24.0 Å². The van der Waals surface area contributed by atoms with Gasteiger partial charge in [0.05, 0.1) is 19.7 Å². The van der Waals surface area contributed by atoms with Gasteiger partial charge in [0.15, 0.2) is 5.96 Å². The molecule has 1 unspecified atom stereocenters. The Morgan fingerprint density at radius 3 is 2.70 bits per heavy atom. The zero-order valence-electron chi connectivity index (χ0n) is 16.2. The van der Waals surface area contributed by atoms with Crippen LogP contribution in [0.25, 0.3) is 0 Å². The lowest BCUT2D eigenvalue weighted by Crippen LogP contribution is -2.27. The Balaban J connectivity index is 0.00000261. The van der Waals surface area contributed by atoms with Gasteiger partial charge >= 0.3 is 0 Å². The number of likely N-dealkylation sites (N-methyl/N-ethyl adjacent to an activating group) is 1. The van der Waals surface area contributed by atoms with Crippen molar-refractivity contribution in [1.29, 1.82) is 0 Å². The number of guanidine groups is 1.